The van der Waals surface area contributed by atoms with Crippen molar-refractivity contribution in [3.8, 4) is 0 Å². The molecule has 100 valence electrons. The smallest absolute Gasteiger partial charge is 0.253 e. The van der Waals surface area contributed by atoms with Crippen molar-refractivity contribution in [2.45, 2.75) is 25.0 Å². The normalized spacial score (nSPS) is 22.8. The molecule has 1 aromatic carbocycles. The van der Waals surface area contributed by atoms with E-state index in [1.54, 1.807) is 6.33 Å². The monoisotopic (exact) mass is 260 g/mol. The first-order valence-electron chi connectivity index (χ1n) is 6.36. The molecule has 0 spiro atoms. The van der Waals surface area contributed by atoms with Crippen LogP contribution in [0.5, 0.6) is 0 Å². The first-order chi connectivity index (χ1) is 9.28. The Bertz CT molecular complexity index is 595. The van der Waals surface area contributed by atoms with E-state index >= 15 is 0 Å². The van der Waals surface area contributed by atoms with Gasteiger partial charge >= 0.3 is 0 Å². The number of anilines is 1. The number of nitrogens with zero attached hydrogens (tertiary/aromatic N) is 1. The predicted octanol–water partition coefficient (Wildman–Crippen LogP) is 1.01. The Hall–Kier alpha value is -1.92. The summed E-state index contributed by atoms with van der Waals surface area (Å²) in [5.41, 5.74) is 7.88. The van der Waals surface area contributed by atoms with Gasteiger partial charge in [-0.2, -0.15) is 0 Å². The Labute approximate surface area is 110 Å². The zero-order valence-corrected chi connectivity index (χ0v) is 10.4. The Balaban J connectivity index is 1.74. The van der Waals surface area contributed by atoms with Gasteiger partial charge < -0.3 is 20.8 Å². The Kier molecular flexibility index (Phi) is 3.18. The molecule has 0 saturated carbocycles. The van der Waals surface area contributed by atoms with E-state index in [1.807, 2.05) is 18.2 Å². The summed E-state index contributed by atoms with van der Waals surface area (Å²) < 4.78 is 5.57. The van der Waals surface area contributed by atoms with E-state index in [0.29, 0.717) is 18.7 Å². The van der Waals surface area contributed by atoms with Crippen LogP contribution in [0.15, 0.2) is 24.5 Å². The quantitative estimate of drug-likeness (QED) is 0.767. The molecule has 1 fully saturated rings. The van der Waals surface area contributed by atoms with Crippen LogP contribution >= 0.6 is 0 Å². The van der Waals surface area contributed by atoms with Crippen molar-refractivity contribution in [3.63, 3.8) is 0 Å². The van der Waals surface area contributed by atoms with Crippen LogP contribution in [0.3, 0.4) is 0 Å². The fourth-order valence-corrected chi connectivity index (χ4v) is 2.35. The third-order valence-corrected chi connectivity index (χ3v) is 3.37. The summed E-state index contributed by atoms with van der Waals surface area (Å²) in [7, 11) is 0. The molecule has 2 aromatic rings. The third kappa shape index (κ3) is 2.32. The minimum Gasteiger partial charge on any atom is -0.364 e. The number of carbonyl (C=O) groups is 1. The molecule has 1 amide bonds. The van der Waals surface area contributed by atoms with Crippen molar-refractivity contribution in [2.24, 2.45) is 5.73 Å². The van der Waals surface area contributed by atoms with Crippen LogP contribution in [-0.2, 0) is 9.53 Å². The first kappa shape index (κ1) is 12.1. The number of nitrogens with one attached hydrogen (secondary N) is 2. The average molecular weight is 260 g/mol. The predicted molar refractivity (Wildman–Crippen MR) is 71.7 cm³/mol. The number of rotatable bonds is 3. The minimum atomic E-state index is -0.414. The Morgan fingerprint density at radius 1 is 1.53 bits per heavy atom. The SMILES string of the molecule is NC[C@H]1CC[C@@H](C(=O)Nc2cccc3[nH]cnc23)O1. The van der Waals surface area contributed by atoms with Crippen LogP contribution in [0, 0.1) is 0 Å². The molecule has 6 heteroatoms. The summed E-state index contributed by atoms with van der Waals surface area (Å²) >= 11 is 0. The summed E-state index contributed by atoms with van der Waals surface area (Å²) in [6, 6.07) is 5.61. The molecule has 0 aliphatic carbocycles. The van der Waals surface area contributed by atoms with E-state index in [9.17, 15) is 4.79 Å². The van der Waals surface area contributed by atoms with Gasteiger partial charge in [-0.3, -0.25) is 4.79 Å². The number of hydrogen-bond donors (Lipinski definition) is 3. The molecular formula is C13H16N4O2. The van der Waals surface area contributed by atoms with Crippen LogP contribution in [0.1, 0.15) is 12.8 Å². The molecule has 0 radical (unpaired) electrons. The Morgan fingerprint density at radius 3 is 3.21 bits per heavy atom. The number of aromatic amines is 1. The van der Waals surface area contributed by atoms with E-state index in [1.165, 1.54) is 0 Å². The molecule has 1 aliphatic rings. The molecule has 4 N–H and O–H groups in total. The number of para-hydroxylation sites is 1. The number of fused-ring (bicyclic) bond motifs is 1. The lowest BCUT2D eigenvalue weighted by atomic mass is 10.2. The van der Waals surface area contributed by atoms with Gasteiger partial charge in [0, 0.05) is 6.54 Å². The maximum atomic E-state index is 12.1. The summed E-state index contributed by atoms with van der Waals surface area (Å²) in [5.74, 6) is -0.133. The first-order valence-corrected chi connectivity index (χ1v) is 6.36. The number of carbonyl (C=O) groups excluding carboxylic acids is 1. The van der Waals surface area contributed by atoms with E-state index < -0.39 is 6.10 Å². The van der Waals surface area contributed by atoms with Crippen LogP contribution in [-0.4, -0.2) is 34.6 Å². The molecule has 1 aromatic heterocycles. The van der Waals surface area contributed by atoms with Gasteiger partial charge in [-0.05, 0) is 25.0 Å². The van der Waals surface area contributed by atoms with Gasteiger partial charge in [-0.25, -0.2) is 4.98 Å². The van der Waals surface area contributed by atoms with Gasteiger partial charge in [0.2, 0.25) is 0 Å². The number of benzene rings is 1. The highest BCUT2D eigenvalue weighted by atomic mass is 16.5. The van der Waals surface area contributed by atoms with E-state index in [4.69, 9.17) is 10.5 Å². The molecule has 6 nitrogen and oxygen atoms in total. The Morgan fingerprint density at radius 2 is 2.42 bits per heavy atom. The third-order valence-electron chi connectivity index (χ3n) is 3.37. The van der Waals surface area contributed by atoms with Gasteiger partial charge in [-0.15, -0.1) is 0 Å². The fraction of sp³-hybridized carbons (Fsp3) is 0.385. The number of aromatic nitrogens is 2. The van der Waals surface area contributed by atoms with Gasteiger partial charge in [0.1, 0.15) is 11.6 Å². The van der Waals surface area contributed by atoms with Crippen molar-refractivity contribution < 1.29 is 9.53 Å². The second-order valence-electron chi connectivity index (χ2n) is 4.65. The highest BCUT2D eigenvalue weighted by Crippen LogP contribution is 2.23. The molecular weight excluding hydrogens is 244 g/mol. The zero-order valence-electron chi connectivity index (χ0n) is 10.4. The second kappa shape index (κ2) is 4.99. The average Bonchev–Trinajstić information content (AvgIpc) is 3.08. The molecule has 0 unspecified atom stereocenters. The lowest BCUT2D eigenvalue weighted by Gasteiger charge is -2.12. The van der Waals surface area contributed by atoms with Crippen molar-refractivity contribution in [2.75, 3.05) is 11.9 Å². The zero-order chi connectivity index (χ0) is 13.2. The second-order valence-corrected chi connectivity index (χ2v) is 4.65. The number of nitrogens with two attached hydrogens (primary N) is 1. The molecule has 2 atom stereocenters. The van der Waals surface area contributed by atoms with Crippen molar-refractivity contribution >= 4 is 22.6 Å². The summed E-state index contributed by atoms with van der Waals surface area (Å²) in [6.07, 6.45) is 2.74. The van der Waals surface area contributed by atoms with Gasteiger partial charge in [0.15, 0.2) is 0 Å². The topological polar surface area (TPSA) is 93.0 Å². The standard InChI is InChI=1S/C13H16N4O2/c14-6-8-4-5-11(19-8)13(18)17-10-3-1-2-9-12(10)16-7-15-9/h1-3,7-8,11H,4-6,14H2,(H,15,16)(H,17,18)/t8-,11+/m1/s1. The van der Waals surface area contributed by atoms with Crippen molar-refractivity contribution in [1.82, 2.24) is 9.97 Å². The van der Waals surface area contributed by atoms with Crippen LogP contribution in [0.4, 0.5) is 5.69 Å². The van der Waals surface area contributed by atoms with Crippen molar-refractivity contribution in [1.29, 1.82) is 0 Å². The van der Waals surface area contributed by atoms with Gasteiger partial charge in [-0.1, -0.05) is 6.07 Å². The fourth-order valence-electron chi connectivity index (χ4n) is 2.35. The van der Waals surface area contributed by atoms with Crippen molar-refractivity contribution in [3.05, 3.63) is 24.5 Å². The molecule has 1 saturated heterocycles. The van der Waals surface area contributed by atoms with Crippen LogP contribution < -0.4 is 11.1 Å². The summed E-state index contributed by atoms with van der Waals surface area (Å²) in [5, 5.41) is 2.87. The number of H-pyrrole nitrogens is 1. The highest BCUT2D eigenvalue weighted by Gasteiger charge is 2.30. The van der Waals surface area contributed by atoms with Gasteiger partial charge in [0.05, 0.1) is 23.6 Å². The largest absolute Gasteiger partial charge is 0.364 e. The molecule has 1 aliphatic heterocycles. The molecule has 0 bridgehead atoms. The number of ether oxygens (including phenoxy) is 1. The molecule has 2 heterocycles. The summed E-state index contributed by atoms with van der Waals surface area (Å²) in [6.45, 7) is 0.457. The lowest BCUT2D eigenvalue weighted by Crippen LogP contribution is -2.29. The number of amides is 1. The van der Waals surface area contributed by atoms with E-state index in [-0.39, 0.29) is 12.0 Å². The van der Waals surface area contributed by atoms with E-state index in [2.05, 4.69) is 15.3 Å². The molecule has 19 heavy (non-hydrogen) atoms. The minimum absolute atomic E-state index is 0.00285. The maximum absolute atomic E-state index is 12.1. The maximum Gasteiger partial charge on any atom is 0.253 e. The highest BCUT2D eigenvalue weighted by molar-refractivity contribution is 6.01. The number of hydrogen-bond acceptors (Lipinski definition) is 4. The molecule has 3 rings (SSSR count). The number of imidazole rings is 1. The van der Waals surface area contributed by atoms with Gasteiger partial charge in [0.25, 0.3) is 5.91 Å². The van der Waals surface area contributed by atoms with Crippen LogP contribution in [0.25, 0.3) is 11.0 Å². The summed E-state index contributed by atoms with van der Waals surface area (Å²) in [4.78, 5) is 19.3. The van der Waals surface area contributed by atoms with Crippen LogP contribution in [0.2, 0.25) is 0 Å². The lowest BCUT2D eigenvalue weighted by molar-refractivity contribution is -0.126. The van der Waals surface area contributed by atoms with E-state index in [0.717, 1.165) is 17.5 Å².